The van der Waals surface area contributed by atoms with Gasteiger partial charge in [-0.05, 0) is 37.1 Å². The molecule has 5 nitrogen and oxygen atoms in total. The van der Waals surface area contributed by atoms with Crippen molar-refractivity contribution in [3.8, 4) is 11.5 Å². The van der Waals surface area contributed by atoms with Crippen molar-refractivity contribution < 1.29 is 14.3 Å². The highest BCUT2D eigenvalue weighted by Crippen LogP contribution is 2.33. The van der Waals surface area contributed by atoms with E-state index in [2.05, 4.69) is 12.2 Å². The SMILES string of the molecule is CCc1nc2ccccc2c(C(=O)Nc2ccc3c(c2)OCCCO3)c1C. The number of nitrogens with zero attached hydrogens (tertiary/aromatic N) is 1. The number of fused-ring (bicyclic) bond motifs is 2. The molecule has 0 unspecified atom stereocenters. The predicted molar refractivity (Wildman–Crippen MR) is 106 cm³/mol. The fraction of sp³-hybridized carbons (Fsp3) is 0.273. The summed E-state index contributed by atoms with van der Waals surface area (Å²) in [6.45, 7) is 5.26. The zero-order chi connectivity index (χ0) is 18.8. The third-order valence-electron chi connectivity index (χ3n) is 4.80. The summed E-state index contributed by atoms with van der Waals surface area (Å²) in [6.07, 6.45) is 1.62. The summed E-state index contributed by atoms with van der Waals surface area (Å²) >= 11 is 0. The first kappa shape index (κ1) is 17.3. The summed E-state index contributed by atoms with van der Waals surface area (Å²) in [5, 5.41) is 3.87. The van der Waals surface area contributed by atoms with Crippen molar-refractivity contribution in [2.24, 2.45) is 0 Å². The Balaban J connectivity index is 1.71. The number of amides is 1. The van der Waals surface area contributed by atoms with Gasteiger partial charge in [0.25, 0.3) is 5.91 Å². The summed E-state index contributed by atoms with van der Waals surface area (Å²) in [6, 6.07) is 13.2. The molecule has 2 heterocycles. The van der Waals surface area contributed by atoms with Crippen LogP contribution < -0.4 is 14.8 Å². The molecule has 1 aromatic heterocycles. The van der Waals surface area contributed by atoms with Crippen molar-refractivity contribution in [1.29, 1.82) is 0 Å². The molecule has 0 saturated heterocycles. The number of pyridine rings is 1. The molecular weight excluding hydrogens is 340 g/mol. The third-order valence-corrected chi connectivity index (χ3v) is 4.80. The van der Waals surface area contributed by atoms with E-state index in [0.29, 0.717) is 36.0 Å². The molecule has 0 aliphatic carbocycles. The number of anilines is 1. The summed E-state index contributed by atoms with van der Waals surface area (Å²) in [5.41, 5.74) is 4.05. The third kappa shape index (κ3) is 3.33. The lowest BCUT2D eigenvalue weighted by Crippen LogP contribution is -2.16. The van der Waals surface area contributed by atoms with Gasteiger partial charge in [0.05, 0.1) is 24.3 Å². The smallest absolute Gasteiger partial charge is 0.256 e. The van der Waals surface area contributed by atoms with Gasteiger partial charge in [0.1, 0.15) is 0 Å². The number of hydrogen-bond acceptors (Lipinski definition) is 4. The Morgan fingerprint density at radius 2 is 1.89 bits per heavy atom. The van der Waals surface area contributed by atoms with Crippen LogP contribution in [0.5, 0.6) is 11.5 Å². The molecule has 27 heavy (non-hydrogen) atoms. The van der Waals surface area contributed by atoms with E-state index in [1.807, 2.05) is 49.4 Å². The molecular formula is C22H22N2O3. The van der Waals surface area contributed by atoms with Crippen molar-refractivity contribution in [2.45, 2.75) is 26.7 Å². The number of carbonyl (C=O) groups is 1. The normalized spacial score (nSPS) is 13.3. The molecule has 0 saturated carbocycles. The van der Waals surface area contributed by atoms with E-state index in [9.17, 15) is 4.79 Å². The Hall–Kier alpha value is -3.08. The van der Waals surface area contributed by atoms with Crippen molar-refractivity contribution in [3.05, 3.63) is 59.3 Å². The molecule has 0 spiro atoms. The zero-order valence-electron chi connectivity index (χ0n) is 15.5. The number of ether oxygens (including phenoxy) is 2. The van der Waals surface area contributed by atoms with Crippen LogP contribution in [0.2, 0.25) is 0 Å². The van der Waals surface area contributed by atoms with Gasteiger partial charge in [-0.2, -0.15) is 0 Å². The highest BCUT2D eigenvalue weighted by molar-refractivity contribution is 6.13. The average molecular weight is 362 g/mol. The first-order valence-electron chi connectivity index (χ1n) is 9.26. The van der Waals surface area contributed by atoms with E-state index in [-0.39, 0.29) is 5.91 Å². The lowest BCUT2D eigenvalue weighted by atomic mass is 9.99. The Morgan fingerprint density at radius 3 is 2.70 bits per heavy atom. The second-order valence-corrected chi connectivity index (χ2v) is 6.60. The maximum Gasteiger partial charge on any atom is 0.256 e. The van der Waals surface area contributed by atoms with Crippen LogP contribution in [-0.2, 0) is 6.42 Å². The molecule has 2 aromatic carbocycles. The van der Waals surface area contributed by atoms with Gasteiger partial charge in [0.15, 0.2) is 11.5 Å². The van der Waals surface area contributed by atoms with Gasteiger partial charge >= 0.3 is 0 Å². The summed E-state index contributed by atoms with van der Waals surface area (Å²) in [7, 11) is 0. The number of aryl methyl sites for hydroxylation is 1. The van der Waals surface area contributed by atoms with Crippen LogP contribution in [0, 0.1) is 6.92 Å². The Labute approximate surface area is 158 Å². The molecule has 0 fully saturated rings. The molecule has 4 rings (SSSR count). The van der Waals surface area contributed by atoms with Crippen LogP contribution in [0.4, 0.5) is 5.69 Å². The van der Waals surface area contributed by atoms with Gasteiger partial charge in [-0.3, -0.25) is 9.78 Å². The lowest BCUT2D eigenvalue weighted by Gasteiger charge is -2.15. The van der Waals surface area contributed by atoms with Crippen molar-refractivity contribution in [1.82, 2.24) is 4.98 Å². The number of benzene rings is 2. The maximum absolute atomic E-state index is 13.1. The van der Waals surface area contributed by atoms with E-state index < -0.39 is 0 Å². The van der Waals surface area contributed by atoms with Gasteiger partial charge in [0, 0.05) is 29.3 Å². The zero-order valence-corrected chi connectivity index (χ0v) is 15.5. The minimum absolute atomic E-state index is 0.143. The predicted octanol–water partition coefficient (Wildman–Crippen LogP) is 4.52. The molecule has 1 amide bonds. The van der Waals surface area contributed by atoms with E-state index >= 15 is 0 Å². The number of aromatic nitrogens is 1. The Morgan fingerprint density at radius 1 is 1.11 bits per heavy atom. The molecule has 138 valence electrons. The number of carbonyl (C=O) groups excluding carboxylic acids is 1. The maximum atomic E-state index is 13.1. The van der Waals surface area contributed by atoms with E-state index in [4.69, 9.17) is 14.5 Å². The minimum Gasteiger partial charge on any atom is -0.490 e. The van der Waals surface area contributed by atoms with Crippen LogP contribution in [0.15, 0.2) is 42.5 Å². The van der Waals surface area contributed by atoms with Crippen LogP contribution in [0.3, 0.4) is 0 Å². The second kappa shape index (κ2) is 7.27. The fourth-order valence-electron chi connectivity index (χ4n) is 3.43. The Kier molecular flexibility index (Phi) is 4.67. The first-order valence-corrected chi connectivity index (χ1v) is 9.26. The quantitative estimate of drug-likeness (QED) is 0.744. The molecule has 3 aromatic rings. The highest BCUT2D eigenvalue weighted by atomic mass is 16.5. The molecule has 0 atom stereocenters. The van der Waals surface area contributed by atoms with Gasteiger partial charge < -0.3 is 14.8 Å². The van der Waals surface area contributed by atoms with Gasteiger partial charge in [-0.1, -0.05) is 25.1 Å². The monoisotopic (exact) mass is 362 g/mol. The molecule has 0 radical (unpaired) electrons. The van der Waals surface area contributed by atoms with Crippen molar-refractivity contribution in [3.63, 3.8) is 0 Å². The van der Waals surface area contributed by atoms with Crippen LogP contribution >= 0.6 is 0 Å². The fourth-order valence-corrected chi connectivity index (χ4v) is 3.43. The number of nitrogens with one attached hydrogen (secondary N) is 1. The van der Waals surface area contributed by atoms with Gasteiger partial charge in [-0.15, -0.1) is 0 Å². The van der Waals surface area contributed by atoms with Gasteiger partial charge in [0.2, 0.25) is 0 Å². The second-order valence-electron chi connectivity index (χ2n) is 6.60. The first-order chi connectivity index (χ1) is 13.2. The summed E-state index contributed by atoms with van der Waals surface area (Å²) in [5.74, 6) is 1.23. The molecule has 1 aliphatic rings. The van der Waals surface area contributed by atoms with Crippen LogP contribution in [0.1, 0.15) is 35.0 Å². The minimum atomic E-state index is -0.143. The molecule has 1 aliphatic heterocycles. The largest absolute Gasteiger partial charge is 0.490 e. The highest BCUT2D eigenvalue weighted by Gasteiger charge is 2.18. The molecule has 1 N–H and O–H groups in total. The number of rotatable bonds is 3. The molecule has 0 bridgehead atoms. The standard InChI is InChI=1S/C22H22N2O3/c1-3-17-14(2)21(16-7-4-5-8-18(16)24-17)22(25)23-15-9-10-19-20(13-15)27-12-6-11-26-19/h4-5,7-10,13H,3,6,11-12H2,1-2H3,(H,23,25). The van der Waals surface area contributed by atoms with E-state index in [1.54, 1.807) is 0 Å². The summed E-state index contributed by atoms with van der Waals surface area (Å²) < 4.78 is 11.4. The van der Waals surface area contributed by atoms with Crippen LogP contribution in [-0.4, -0.2) is 24.1 Å². The van der Waals surface area contributed by atoms with E-state index in [0.717, 1.165) is 35.0 Å². The number of hydrogen-bond donors (Lipinski definition) is 1. The topological polar surface area (TPSA) is 60.5 Å². The molecule has 5 heteroatoms. The summed E-state index contributed by atoms with van der Waals surface area (Å²) in [4.78, 5) is 17.8. The number of para-hydroxylation sites is 1. The van der Waals surface area contributed by atoms with Crippen LogP contribution in [0.25, 0.3) is 10.9 Å². The van der Waals surface area contributed by atoms with Crippen molar-refractivity contribution >= 4 is 22.5 Å². The van der Waals surface area contributed by atoms with Crippen molar-refractivity contribution in [2.75, 3.05) is 18.5 Å². The van der Waals surface area contributed by atoms with E-state index in [1.165, 1.54) is 0 Å². The van der Waals surface area contributed by atoms with Gasteiger partial charge in [-0.25, -0.2) is 0 Å². The lowest BCUT2D eigenvalue weighted by molar-refractivity contribution is 0.102. The average Bonchev–Trinajstić information content (AvgIpc) is 2.92. The Bertz CT molecular complexity index is 1010.